The van der Waals surface area contributed by atoms with Gasteiger partial charge in [-0.3, -0.25) is 25.0 Å². The molecule has 3 aromatic carbocycles. The number of nitro benzene ring substituents is 1. The molecule has 1 unspecified atom stereocenters. The molecule has 1 aliphatic heterocycles. The zero-order valence-electron chi connectivity index (χ0n) is 23.2. The Morgan fingerprint density at radius 2 is 1.70 bits per heavy atom. The normalized spacial score (nSPS) is 16.2. The molecule has 15 heteroatoms. The van der Waals surface area contributed by atoms with E-state index in [1.807, 2.05) is 0 Å². The minimum atomic E-state index is -1.33. The van der Waals surface area contributed by atoms with Crippen LogP contribution in [0.25, 0.3) is 0 Å². The number of anilines is 2. The number of hydrogen-bond donors (Lipinski definition) is 3. The van der Waals surface area contributed by atoms with Crippen molar-refractivity contribution in [2.75, 3.05) is 16.8 Å². The molecule has 0 bridgehead atoms. The quantitative estimate of drug-likeness (QED) is 0.125. The Bertz CT molecular complexity index is 1600. The fraction of sp³-hybridized carbons (Fsp3) is 0.214. The molecule has 43 heavy (non-hydrogen) atoms. The Labute approximate surface area is 256 Å². The number of amides is 5. The van der Waals surface area contributed by atoms with Crippen molar-refractivity contribution in [3.05, 3.63) is 98.5 Å². The summed E-state index contributed by atoms with van der Waals surface area (Å²) in [5, 5.41) is 29.7. The van der Waals surface area contributed by atoms with Gasteiger partial charge in [0.05, 0.1) is 16.2 Å². The van der Waals surface area contributed by atoms with Gasteiger partial charge in [-0.25, -0.2) is 15.0 Å². The summed E-state index contributed by atoms with van der Waals surface area (Å²) in [5.74, 6) is -0.665. The summed E-state index contributed by atoms with van der Waals surface area (Å²) in [5.41, 5.74) is 2.47. The number of hydrogen-bond acceptors (Lipinski definition) is 7. The van der Waals surface area contributed by atoms with Crippen molar-refractivity contribution in [1.82, 2.24) is 15.4 Å². The van der Waals surface area contributed by atoms with Crippen LogP contribution in [0.5, 0.6) is 0 Å². The maximum atomic E-state index is 13.8. The number of nitrogens with zero attached hydrogens (tertiary/aromatic N) is 5. The van der Waals surface area contributed by atoms with Crippen molar-refractivity contribution in [2.24, 2.45) is 5.10 Å². The molecule has 1 heterocycles. The van der Waals surface area contributed by atoms with Crippen molar-refractivity contribution in [2.45, 2.75) is 32.5 Å². The number of hydroxylamine groups is 2. The topological polar surface area (TPSA) is 161 Å². The second kappa shape index (κ2) is 12.7. The molecular weight excluding hydrogens is 601 g/mol. The molecule has 0 spiro atoms. The van der Waals surface area contributed by atoms with Crippen LogP contribution in [-0.4, -0.2) is 62.0 Å². The highest BCUT2D eigenvalue weighted by Crippen LogP contribution is 2.38. The van der Waals surface area contributed by atoms with E-state index in [0.29, 0.717) is 32.1 Å². The third kappa shape index (κ3) is 6.85. The van der Waals surface area contributed by atoms with Gasteiger partial charge in [0.15, 0.2) is 6.17 Å². The predicted molar refractivity (Wildman–Crippen MR) is 161 cm³/mol. The highest BCUT2D eigenvalue weighted by atomic mass is 35.5. The van der Waals surface area contributed by atoms with Gasteiger partial charge >= 0.3 is 12.1 Å². The molecule has 1 saturated heterocycles. The maximum absolute atomic E-state index is 13.8. The van der Waals surface area contributed by atoms with Crippen LogP contribution in [0.15, 0.2) is 77.9 Å². The minimum absolute atomic E-state index is 0.0895. The zero-order valence-corrected chi connectivity index (χ0v) is 24.7. The second-order valence-electron chi connectivity index (χ2n) is 10.1. The molecule has 0 aliphatic carbocycles. The van der Waals surface area contributed by atoms with Crippen molar-refractivity contribution in [1.29, 1.82) is 0 Å². The van der Waals surface area contributed by atoms with E-state index in [4.69, 9.17) is 23.2 Å². The average molecular weight is 628 g/mol. The molecule has 1 fully saturated rings. The maximum Gasteiger partial charge on any atom is 0.347 e. The number of hydrazone groups is 1. The lowest BCUT2D eigenvalue weighted by atomic mass is 9.99. The van der Waals surface area contributed by atoms with Crippen molar-refractivity contribution >= 4 is 63.9 Å². The van der Waals surface area contributed by atoms with Crippen LogP contribution in [0.4, 0.5) is 26.7 Å². The Hall–Kier alpha value is -4.72. The molecule has 224 valence electrons. The Morgan fingerprint density at radius 1 is 1.07 bits per heavy atom. The molecule has 1 atom stereocenters. The Balaban J connectivity index is 1.58. The number of carbonyl (C=O) groups is 3. The number of rotatable bonds is 8. The van der Waals surface area contributed by atoms with Gasteiger partial charge in [0, 0.05) is 33.6 Å². The molecule has 5 amide bonds. The van der Waals surface area contributed by atoms with Gasteiger partial charge < -0.3 is 10.2 Å². The number of urea groups is 2. The summed E-state index contributed by atoms with van der Waals surface area (Å²) >= 11 is 12.2. The SMILES string of the molecule is C/C(=N/NC(=O)CN1C(=O)N(c2cccc(Cl)c2)C(N(O)C(=O)Nc2cccc(Cl)c2)C1(C)C)c1ccc([N+](=O)[O-])cc1. The van der Waals surface area contributed by atoms with Crippen molar-refractivity contribution < 1.29 is 24.5 Å². The Kier molecular flexibility index (Phi) is 9.19. The lowest BCUT2D eigenvalue weighted by molar-refractivity contribution is -0.384. The summed E-state index contributed by atoms with van der Waals surface area (Å²) in [6.07, 6.45) is -1.31. The van der Waals surface area contributed by atoms with E-state index in [-0.39, 0.29) is 11.4 Å². The molecule has 1 aliphatic rings. The van der Waals surface area contributed by atoms with E-state index >= 15 is 0 Å². The van der Waals surface area contributed by atoms with Gasteiger partial charge in [-0.05, 0) is 74.9 Å². The first-order chi connectivity index (χ1) is 20.3. The van der Waals surface area contributed by atoms with Crippen LogP contribution < -0.4 is 15.6 Å². The number of nitro groups is 1. The number of carbonyl (C=O) groups excluding carboxylic acids is 3. The standard InChI is InChI=1S/C28H27Cl2N7O6/c1-17(18-10-12-22(13-11-18)37(42)43)32-33-24(38)16-34-27(40)35(23-9-5-7-20(30)15-23)25(28(34,2)3)36(41)26(39)31-21-8-4-6-19(29)14-21/h4-15,25,41H,16H2,1-3H3,(H,31,39)(H,33,38)/b32-17-. The summed E-state index contributed by atoms with van der Waals surface area (Å²) in [6, 6.07) is 16.6. The van der Waals surface area contributed by atoms with Crippen molar-refractivity contribution in [3.8, 4) is 0 Å². The molecule has 4 rings (SSSR count). The summed E-state index contributed by atoms with van der Waals surface area (Å²) < 4.78 is 0. The fourth-order valence-electron chi connectivity index (χ4n) is 4.57. The molecule has 13 nitrogen and oxygen atoms in total. The number of halogens is 2. The van der Waals surface area contributed by atoms with Crippen molar-refractivity contribution in [3.63, 3.8) is 0 Å². The van der Waals surface area contributed by atoms with Crippen LogP contribution in [0, 0.1) is 10.1 Å². The number of non-ortho nitro benzene ring substituents is 1. The first-order valence-electron chi connectivity index (χ1n) is 12.8. The van der Waals surface area contributed by atoms with Crippen LogP contribution in [0.2, 0.25) is 10.0 Å². The number of nitrogens with one attached hydrogen (secondary N) is 2. The molecule has 0 aromatic heterocycles. The smallest absolute Gasteiger partial charge is 0.306 e. The van der Waals surface area contributed by atoms with E-state index in [0.717, 1.165) is 0 Å². The minimum Gasteiger partial charge on any atom is -0.306 e. The van der Waals surface area contributed by atoms with E-state index < -0.39 is 41.1 Å². The molecule has 3 N–H and O–H groups in total. The van der Waals surface area contributed by atoms with Gasteiger partial charge in [0.2, 0.25) is 0 Å². The highest BCUT2D eigenvalue weighted by Gasteiger charge is 2.56. The largest absolute Gasteiger partial charge is 0.347 e. The third-order valence-electron chi connectivity index (χ3n) is 6.76. The van der Waals surface area contributed by atoms with Gasteiger partial charge in [-0.15, -0.1) is 0 Å². The molecular formula is C28H27Cl2N7O6. The van der Waals surface area contributed by atoms with Crippen LogP contribution in [-0.2, 0) is 4.79 Å². The molecule has 0 radical (unpaired) electrons. The van der Waals surface area contributed by atoms with Crippen LogP contribution in [0.1, 0.15) is 26.3 Å². The van der Waals surface area contributed by atoms with E-state index in [9.17, 15) is 29.7 Å². The van der Waals surface area contributed by atoms with Gasteiger partial charge in [-0.2, -0.15) is 10.2 Å². The fourth-order valence-corrected chi connectivity index (χ4v) is 4.94. The lowest BCUT2D eigenvalue weighted by Gasteiger charge is -2.38. The average Bonchev–Trinajstić information content (AvgIpc) is 3.15. The molecule has 0 saturated carbocycles. The summed E-state index contributed by atoms with van der Waals surface area (Å²) in [4.78, 5) is 52.7. The second-order valence-corrected chi connectivity index (χ2v) is 10.9. The lowest BCUT2D eigenvalue weighted by Crippen LogP contribution is -2.58. The van der Waals surface area contributed by atoms with Gasteiger partial charge in [0.25, 0.3) is 11.6 Å². The Morgan fingerprint density at radius 3 is 2.30 bits per heavy atom. The molecule has 3 aromatic rings. The van der Waals surface area contributed by atoms with Crippen LogP contribution in [0.3, 0.4) is 0 Å². The monoisotopic (exact) mass is 627 g/mol. The van der Waals surface area contributed by atoms with Gasteiger partial charge in [-0.1, -0.05) is 35.3 Å². The third-order valence-corrected chi connectivity index (χ3v) is 7.23. The number of benzene rings is 3. The van der Waals surface area contributed by atoms with E-state index in [2.05, 4.69) is 15.8 Å². The summed E-state index contributed by atoms with van der Waals surface area (Å²) in [7, 11) is 0. The first kappa shape index (κ1) is 31.2. The highest BCUT2D eigenvalue weighted by molar-refractivity contribution is 6.31. The predicted octanol–water partition coefficient (Wildman–Crippen LogP) is 5.71. The van der Waals surface area contributed by atoms with E-state index in [1.54, 1.807) is 57.2 Å². The summed E-state index contributed by atoms with van der Waals surface area (Å²) in [6.45, 7) is 4.30. The van der Waals surface area contributed by atoms with E-state index in [1.165, 1.54) is 46.2 Å². The first-order valence-corrected chi connectivity index (χ1v) is 13.5. The van der Waals surface area contributed by atoms with Gasteiger partial charge in [0.1, 0.15) is 6.54 Å². The zero-order chi connectivity index (χ0) is 31.5. The van der Waals surface area contributed by atoms with Crippen LogP contribution >= 0.6 is 23.2 Å².